The van der Waals surface area contributed by atoms with Crippen LogP contribution in [0.25, 0.3) is 0 Å². The van der Waals surface area contributed by atoms with E-state index in [-0.39, 0.29) is 5.91 Å². The minimum Gasteiger partial charge on any atom is -0.497 e. The Labute approximate surface area is 114 Å². The third-order valence-electron chi connectivity index (χ3n) is 1.91. The van der Waals surface area contributed by atoms with Crippen molar-refractivity contribution >= 4 is 33.6 Å². The van der Waals surface area contributed by atoms with E-state index in [0.717, 1.165) is 15.1 Å². The first-order valence-electron chi connectivity index (χ1n) is 4.98. The summed E-state index contributed by atoms with van der Waals surface area (Å²) in [7, 11) is 1.63. The van der Waals surface area contributed by atoms with Crippen molar-refractivity contribution < 1.29 is 9.53 Å². The predicted molar refractivity (Wildman–Crippen MR) is 74.8 cm³/mol. The monoisotopic (exact) mass is 315 g/mol. The van der Waals surface area contributed by atoms with Gasteiger partial charge in [0.15, 0.2) is 0 Å². The molecule has 0 spiro atoms. The number of thioether (sulfide) groups is 1. The summed E-state index contributed by atoms with van der Waals surface area (Å²) in [5.41, 5.74) is 0. The Morgan fingerprint density at radius 3 is 2.65 bits per heavy atom. The van der Waals surface area contributed by atoms with Gasteiger partial charge in [0.2, 0.25) is 5.91 Å². The Bertz CT molecular complexity index is 392. The number of carbonyl (C=O) groups is 1. The van der Waals surface area contributed by atoms with E-state index in [4.69, 9.17) is 4.74 Å². The highest BCUT2D eigenvalue weighted by molar-refractivity contribution is 9.11. The van der Waals surface area contributed by atoms with Crippen LogP contribution in [0.1, 0.15) is 0 Å². The van der Waals surface area contributed by atoms with Crippen LogP contribution >= 0.6 is 27.7 Å². The fraction of sp³-hybridized carbons (Fsp3) is 0.250. The maximum atomic E-state index is 11.4. The Morgan fingerprint density at radius 1 is 1.47 bits per heavy atom. The third-order valence-corrected chi connectivity index (χ3v) is 3.20. The van der Waals surface area contributed by atoms with Gasteiger partial charge in [-0.3, -0.25) is 4.79 Å². The fourth-order valence-corrected chi connectivity index (χ4v) is 1.93. The second kappa shape index (κ2) is 7.40. The van der Waals surface area contributed by atoms with Crippen LogP contribution in [0.4, 0.5) is 0 Å². The second-order valence-corrected chi connectivity index (χ2v) is 5.43. The summed E-state index contributed by atoms with van der Waals surface area (Å²) in [4.78, 5) is 12.5. The Morgan fingerprint density at radius 2 is 2.12 bits per heavy atom. The van der Waals surface area contributed by atoms with Crippen molar-refractivity contribution in [2.45, 2.75) is 4.90 Å². The lowest BCUT2D eigenvalue weighted by Crippen LogP contribution is -2.25. The molecule has 0 fully saturated rings. The molecule has 0 saturated carbocycles. The number of hydrogen-bond acceptors (Lipinski definition) is 3. The molecule has 1 aromatic rings. The van der Waals surface area contributed by atoms with Gasteiger partial charge in [0.25, 0.3) is 0 Å². The Kier molecular flexibility index (Phi) is 6.15. The molecule has 0 aromatic heterocycles. The summed E-state index contributed by atoms with van der Waals surface area (Å²) in [5, 5.41) is 2.74. The topological polar surface area (TPSA) is 38.3 Å². The van der Waals surface area contributed by atoms with Gasteiger partial charge in [-0.25, -0.2) is 0 Å². The highest BCUT2D eigenvalue weighted by Gasteiger charge is 2.02. The van der Waals surface area contributed by atoms with Gasteiger partial charge in [-0.2, -0.15) is 0 Å². The molecule has 0 aliphatic rings. The number of ether oxygens (including phenoxy) is 1. The van der Waals surface area contributed by atoms with E-state index >= 15 is 0 Å². The average Bonchev–Trinajstić information content (AvgIpc) is 2.34. The van der Waals surface area contributed by atoms with Crippen LogP contribution in [0.3, 0.4) is 0 Å². The summed E-state index contributed by atoms with van der Waals surface area (Å²) in [6.07, 6.45) is 0. The number of benzene rings is 1. The molecule has 92 valence electrons. The molecular weight excluding hydrogens is 302 g/mol. The van der Waals surface area contributed by atoms with Gasteiger partial charge in [-0.15, -0.1) is 11.8 Å². The first kappa shape index (κ1) is 14.1. The van der Waals surface area contributed by atoms with Crippen LogP contribution in [-0.2, 0) is 4.79 Å². The normalized spacial score (nSPS) is 9.76. The van der Waals surface area contributed by atoms with Gasteiger partial charge >= 0.3 is 0 Å². The molecule has 0 radical (unpaired) electrons. The van der Waals surface area contributed by atoms with E-state index in [9.17, 15) is 4.79 Å². The van der Waals surface area contributed by atoms with Crippen LogP contribution in [0, 0.1) is 0 Å². The van der Waals surface area contributed by atoms with Gasteiger partial charge in [0, 0.05) is 15.9 Å². The van der Waals surface area contributed by atoms with E-state index < -0.39 is 0 Å². The zero-order chi connectivity index (χ0) is 12.7. The van der Waals surface area contributed by atoms with Crippen molar-refractivity contribution in [3.05, 3.63) is 35.3 Å². The summed E-state index contributed by atoms with van der Waals surface area (Å²) in [6, 6.07) is 7.61. The van der Waals surface area contributed by atoms with Gasteiger partial charge in [0.1, 0.15) is 5.75 Å². The molecule has 0 aliphatic heterocycles. The maximum Gasteiger partial charge on any atom is 0.230 e. The van der Waals surface area contributed by atoms with Crippen LogP contribution in [0.15, 0.2) is 40.2 Å². The quantitative estimate of drug-likeness (QED) is 0.820. The zero-order valence-corrected chi connectivity index (χ0v) is 11.9. The largest absolute Gasteiger partial charge is 0.497 e. The van der Waals surface area contributed by atoms with Crippen molar-refractivity contribution in [1.82, 2.24) is 5.32 Å². The summed E-state index contributed by atoms with van der Waals surface area (Å²) in [6.45, 7) is 4.11. The number of amides is 1. The average molecular weight is 316 g/mol. The number of rotatable bonds is 6. The summed E-state index contributed by atoms with van der Waals surface area (Å²) < 4.78 is 5.82. The number of halogens is 1. The van der Waals surface area contributed by atoms with Crippen molar-refractivity contribution in [3.8, 4) is 5.75 Å². The van der Waals surface area contributed by atoms with Crippen LogP contribution in [0.5, 0.6) is 5.75 Å². The van der Waals surface area contributed by atoms with E-state index in [1.165, 1.54) is 11.8 Å². The molecule has 17 heavy (non-hydrogen) atoms. The summed E-state index contributed by atoms with van der Waals surface area (Å²) in [5.74, 6) is 1.20. The Hall–Kier alpha value is -0.940. The lowest BCUT2D eigenvalue weighted by atomic mass is 10.3. The highest BCUT2D eigenvalue weighted by atomic mass is 79.9. The standard InChI is InChI=1S/C12H14BrNO2S/c1-9(13)7-14-12(15)8-17-11-5-3-10(16-2)4-6-11/h3-6H,1,7-8H2,2H3,(H,14,15). The lowest BCUT2D eigenvalue weighted by molar-refractivity contribution is -0.118. The lowest BCUT2D eigenvalue weighted by Gasteiger charge is -2.04. The minimum absolute atomic E-state index is 0.00795. The van der Waals surface area contributed by atoms with E-state index in [2.05, 4.69) is 27.8 Å². The second-order valence-electron chi connectivity index (χ2n) is 3.26. The minimum atomic E-state index is -0.00795. The SMILES string of the molecule is C=C(Br)CNC(=O)CSc1ccc(OC)cc1. The molecule has 1 N–H and O–H groups in total. The Balaban J connectivity index is 2.34. The first-order valence-corrected chi connectivity index (χ1v) is 6.76. The van der Waals surface area contributed by atoms with Gasteiger partial charge in [-0.05, 0) is 24.3 Å². The van der Waals surface area contributed by atoms with E-state index in [1.54, 1.807) is 7.11 Å². The van der Waals surface area contributed by atoms with Crippen LogP contribution in [-0.4, -0.2) is 25.3 Å². The molecule has 0 unspecified atom stereocenters. The molecule has 0 heterocycles. The fourth-order valence-electron chi connectivity index (χ4n) is 1.07. The zero-order valence-electron chi connectivity index (χ0n) is 9.53. The van der Waals surface area contributed by atoms with Crippen LogP contribution in [0.2, 0.25) is 0 Å². The molecule has 0 bridgehead atoms. The third kappa shape index (κ3) is 5.79. The van der Waals surface area contributed by atoms with Crippen molar-refractivity contribution in [2.75, 3.05) is 19.4 Å². The van der Waals surface area contributed by atoms with Crippen molar-refractivity contribution in [2.24, 2.45) is 0 Å². The molecule has 0 aliphatic carbocycles. The molecule has 1 aromatic carbocycles. The molecular formula is C12H14BrNO2S. The van der Waals surface area contributed by atoms with E-state index in [1.807, 2.05) is 24.3 Å². The van der Waals surface area contributed by atoms with Crippen molar-refractivity contribution in [3.63, 3.8) is 0 Å². The maximum absolute atomic E-state index is 11.4. The van der Waals surface area contributed by atoms with Gasteiger partial charge in [0.05, 0.1) is 12.9 Å². The highest BCUT2D eigenvalue weighted by Crippen LogP contribution is 2.20. The van der Waals surface area contributed by atoms with E-state index in [0.29, 0.717) is 12.3 Å². The predicted octanol–water partition coefficient (Wildman–Crippen LogP) is 2.81. The van der Waals surface area contributed by atoms with Gasteiger partial charge in [-0.1, -0.05) is 22.5 Å². The smallest absolute Gasteiger partial charge is 0.230 e. The first-order chi connectivity index (χ1) is 8.11. The number of carbonyl (C=O) groups excluding carboxylic acids is 1. The molecule has 1 amide bonds. The molecule has 0 atom stereocenters. The number of methoxy groups -OCH3 is 1. The number of nitrogens with one attached hydrogen (secondary N) is 1. The van der Waals surface area contributed by atoms with Crippen molar-refractivity contribution in [1.29, 1.82) is 0 Å². The molecule has 0 saturated heterocycles. The van der Waals surface area contributed by atoms with Gasteiger partial charge < -0.3 is 10.1 Å². The summed E-state index contributed by atoms with van der Waals surface area (Å²) >= 11 is 4.67. The molecule has 1 rings (SSSR count). The molecule has 5 heteroatoms. The van der Waals surface area contributed by atoms with Crippen LogP contribution < -0.4 is 10.1 Å². The molecule has 3 nitrogen and oxygen atoms in total. The number of hydrogen-bond donors (Lipinski definition) is 1.